The molecular weight excluding hydrogens is 288 g/mol. The van der Waals surface area contributed by atoms with Crippen LogP contribution < -0.4 is 10.6 Å². The molecule has 5 heteroatoms. The molecule has 1 aliphatic rings. The lowest BCUT2D eigenvalue weighted by Gasteiger charge is -2.23. The minimum absolute atomic E-state index is 0.0672. The van der Waals surface area contributed by atoms with Gasteiger partial charge in [-0.1, -0.05) is 19.3 Å². The van der Waals surface area contributed by atoms with Gasteiger partial charge in [-0.15, -0.1) is 0 Å². The molecule has 23 heavy (non-hydrogen) atoms. The van der Waals surface area contributed by atoms with Gasteiger partial charge in [0.25, 0.3) is 0 Å². The fourth-order valence-corrected chi connectivity index (χ4v) is 2.90. The molecule has 120 valence electrons. The van der Waals surface area contributed by atoms with Crippen molar-refractivity contribution in [2.75, 3.05) is 10.6 Å². The Balaban J connectivity index is 1.65. The van der Waals surface area contributed by atoms with E-state index in [-0.39, 0.29) is 5.78 Å². The first-order valence-electron chi connectivity index (χ1n) is 8.17. The standard InChI is InChI=1S/C18H22N4O/c1-13(23)14-7-9-16(10-8-14)22-18-11-17(19-12-20-18)21-15-5-3-2-4-6-15/h7-12,15H,2-6H2,1H3,(H2,19,20,21,22). The van der Waals surface area contributed by atoms with Crippen LogP contribution in [0.2, 0.25) is 0 Å². The largest absolute Gasteiger partial charge is 0.367 e. The first kappa shape index (κ1) is 15.5. The summed E-state index contributed by atoms with van der Waals surface area (Å²) >= 11 is 0. The molecule has 0 amide bonds. The molecule has 2 aromatic rings. The number of Topliss-reactive ketones (excluding diaryl/α,β-unsaturated/α-hetero) is 1. The lowest BCUT2D eigenvalue weighted by atomic mass is 9.95. The van der Waals surface area contributed by atoms with Crippen molar-refractivity contribution in [3.05, 3.63) is 42.2 Å². The van der Waals surface area contributed by atoms with Crippen LogP contribution >= 0.6 is 0 Å². The molecule has 0 unspecified atom stereocenters. The lowest BCUT2D eigenvalue weighted by Crippen LogP contribution is -2.22. The van der Waals surface area contributed by atoms with E-state index < -0.39 is 0 Å². The van der Waals surface area contributed by atoms with E-state index in [9.17, 15) is 4.79 Å². The zero-order chi connectivity index (χ0) is 16.1. The number of nitrogens with zero attached hydrogens (tertiary/aromatic N) is 2. The summed E-state index contributed by atoms with van der Waals surface area (Å²) < 4.78 is 0. The predicted molar refractivity (Wildman–Crippen MR) is 92.3 cm³/mol. The Morgan fingerprint density at radius 3 is 2.43 bits per heavy atom. The fraction of sp³-hybridized carbons (Fsp3) is 0.389. The molecule has 0 bridgehead atoms. The van der Waals surface area contributed by atoms with Gasteiger partial charge in [0.15, 0.2) is 5.78 Å². The molecule has 0 aliphatic heterocycles. The highest BCUT2D eigenvalue weighted by atomic mass is 16.1. The Kier molecular flexibility index (Phi) is 4.86. The summed E-state index contributed by atoms with van der Waals surface area (Å²) in [5, 5.41) is 6.74. The second-order valence-electron chi connectivity index (χ2n) is 6.03. The van der Waals surface area contributed by atoms with Crippen molar-refractivity contribution < 1.29 is 4.79 Å². The molecule has 0 radical (unpaired) electrons. The van der Waals surface area contributed by atoms with Crippen molar-refractivity contribution in [2.45, 2.75) is 45.1 Å². The van der Waals surface area contributed by atoms with Crippen molar-refractivity contribution in [1.82, 2.24) is 9.97 Å². The number of aromatic nitrogens is 2. The quantitative estimate of drug-likeness (QED) is 0.811. The van der Waals surface area contributed by atoms with Crippen LogP contribution in [0.5, 0.6) is 0 Å². The van der Waals surface area contributed by atoms with Gasteiger partial charge in [0.05, 0.1) is 0 Å². The number of rotatable bonds is 5. The highest BCUT2D eigenvalue weighted by molar-refractivity contribution is 5.94. The number of carbonyl (C=O) groups excluding carboxylic acids is 1. The molecule has 0 atom stereocenters. The maximum absolute atomic E-state index is 11.3. The molecule has 3 rings (SSSR count). The number of carbonyl (C=O) groups is 1. The normalized spacial score (nSPS) is 15.2. The van der Waals surface area contributed by atoms with Crippen molar-refractivity contribution in [1.29, 1.82) is 0 Å². The summed E-state index contributed by atoms with van der Waals surface area (Å²) in [6, 6.07) is 9.83. The fourth-order valence-electron chi connectivity index (χ4n) is 2.90. The lowest BCUT2D eigenvalue weighted by molar-refractivity contribution is 0.101. The van der Waals surface area contributed by atoms with Gasteiger partial charge in [-0.25, -0.2) is 9.97 Å². The Hall–Kier alpha value is -2.43. The van der Waals surface area contributed by atoms with Crippen molar-refractivity contribution in [2.24, 2.45) is 0 Å². The molecular formula is C18H22N4O. The Morgan fingerprint density at radius 1 is 1.04 bits per heavy atom. The molecule has 1 aromatic heterocycles. The predicted octanol–water partition coefficient (Wildman–Crippen LogP) is 4.17. The van der Waals surface area contributed by atoms with E-state index in [0.29, 0.717) is 11.6 Å². The molecule has 5 nitrogen and oxygen atoms in total. The molecule has 1 saturated carbocycles. The minimum atomic E-state index is 0.0672. The van der Waals surface area contributed by atoms with E-state index in [0.717, 1.165) is 17.3 Å². The molecule has 0 saturated heterocycles. The summed E-state index contributed by atoms with van der Waals surface area (Å²) in [5.74, 6) is 1.67. The average Bonchev–Trinajstić information content (AvgIpc) is 2.57. The molecule has 1 aromatic carbocycles. The molecule has 1 heterocycles. The summed E-state index contributed by atoms with van der Waals surface area (Å²) in [6.07, 6.45) is 7.90. The Bertz CT molecular complexity index is 663. The third-order valence-corrected chi connectivity index (χ3v) is 4.19. The zero-order valence-corrected chi connectivity index (χ0v) is 13.4. The van der Waals surface area contributed by atoms with Gasteiger partial charge in [0.1, 0.15) is 18.0 Å². The topological polar surface area (TPSA) is 66.9 Å². The van der Waals surface area contributed by atoms with Gasteiger partial charge in [-0.3, -0.25) is 4.79 Å². The van der Waals surface area contributed by atoms with Crippen LogP contribution in [-0.2, 0) is 0 Å². The maximum atomic E-state index is 11.3. The summed E-state index contributed by atoms with van der Waals surface area (Å²) in [5.41, 5.74) is 1.61. The monoisotopic (exact) mass is 310 g/mol. The summed E-state index contributed by atoms with van der Waals surface area (Å²) in [6.45, 7) is 1.57. The summed E-state index contributed by atoms with van der Waals surface area (Å²) in [4.78, 5) is 19.9. The first-order valence-corrected chi connectivity index (χ1v) is 8.17. The van der Waals surface area contributed by atoms with Gasteiger partial charge in [0.2, 0.25) is 0 Å². The number of hydrogen-bond donors (Lipinski definition) is 2. The van der Waals surface area contributed by atoms with Crippen LogP contribution in [0.1, 0.15) is 49.4 Å². The van der Waals surface area contributed by atoms with Crippen molar-refractivity contribution in [3.8, 4) is 0 Å². The maximum Gasteiger partial charge on any atom is 0.159 e. The Labute approximate surface area is 136 Å². The third kappa shape index (κ3) is 4.28. The highest BCUT2D eigenvalue weighted by Gasteiger charge is 2.13. The SMILES string of the molecule is CC(=O)c1ccc(Nc2cc(NC3CCCCC3)ncn2)cc1. The molecule has 2 N–H and O–H groups in total. The third-order valence-electron chi connectivity index (χ3n) is 4.19. The van der Waals surface area contributed by atoms with Gasteiger partial charge in [-0.05, 0) is 44.0 Å². The van der Waals surface area contributed by atoms with Crippen LogP contribution in [0.25, 0.3) is 0 Å². The van der Waals surface area contributed by atoms with Crippen molar-refractivity contribution >= 4 is 23.1 Å². The van der Waals surface area contributed by atoms with Gasteiger partial charge in [-0.2, -0.15) is 0 Å². The number of ketones is 1. The second-order valence-corrected chi connectivity index (χ2v) is 6.03. The average molecular weight is 310 g/mol. The molecule has 1 aliphatic carbocycles. The number of nitrogens with one attached hydrogen (secondary N) is 2. The van der Waals surface area contributed by atoms with Gasteiger partial charge >= 0.3 is 0 Å². The number of anilines is 3. The van der Waals surface area contributed by atoms with E-state index in [1.165, 1.54) is 32.1 Å². The second kappa shape index (κ2) is 7.22. The van der Waals surface area contributed by atoms with E-state index in [1.807, 2.05) is 30.3 Å². The van der Waals surface area contributed by atoms with Crippen molar-refractivity contribution in [3.63, 3.8) is 0 Å². The minimum Gasteiger partial charge on any atom is -0.367 e. The molecule has 0 spiro atoms. The van der Waals surface area contributed by atoms with Gasteiger partial charge < -0.3 is 10.6 Å². The van der Waals surface area contributed by atoms with Crippen LogP contribution in [0.15, 0.2) is 36.7 Å². The Morgan fingerprint density at radius 2 is 1.74 bits per heavy atom. The van der Waals surface area contributed by atoms with Crippen LogP contribution in [0, 0.1) is 0 Å². The van der Waals surface area contributed by atoms with E-state index >= 15 is 0 Å². The highest BCUT2D eigenvalue weighted by Crippen LogP contribution is 2.22. The molecule has 1 fully saturated rings. The van der Waals surface area contributed by atoms with Gasteiger partial charge in [0, 0.05) is 23.4 Å². The van der Waals surface area contributed by atoms with E-state index in [4.69, 9.17) is 0 Å². The number of hydrogen-bond acceptors (Lipinski definition) is 5. The smallest absolute Gasteiger partial charge is 0.159 e. The van der Waals surface area contributed by atoms with Crippen LogP contribution in [0.4, 0.5) is 17.3 Å². The van der Waals surface area contributed by atoms with E-state index in [1.54, 1.807) is 13.3 Å². The van der Waals surface area contributed by atoms with Crippen LogP contribution in [-0.4, -0.2) is 21.8 Å². The van der Waals surface area contributed by atoms with E-state index in [2.05, 4.69) is 20.6 Å². The first-order chi connectivity index (χ1) is 11.2. The zero-order valence-electron chi connectivity index (χ0n) is 13.4. The summed E-state index contributed by atoms with van der Waals surface area (Å²) in [7, 11) is 0. The van der Waals surface area contributed by atoms with Crippen LogP contribution in [0.3, 0.4) is 0 Å². The number of benzene rings is 1.